The Morgan fingerprint density at radius 2 is 2.05 bits per heavy atom. The summed E-state index contributed by atoms with van der Waals surface area (Å²) in [4.78, 5) is 16.2. The molecule has 0 unspecified atom stereocenters. The highest BCUT2D eigenvalue weighted by molar-refractivity contribution is 5.92. The first-order chi connectivity index (χ1) is 9.02. The molecule has 0 aliphatic heterocycles. The summed E-state index contributed by atoms with van der Waals surface area (Å²) in [7, 11) is 0. The van der Waals surface area contributed by atoms with E-state index in [9.17, 15) is 4.79 Å². The average molecular weight is 259 g/mol. The summed E-state index contributed by atoms with van der Waals surface area (Å²) in [6.07, 6.45) is 1.35. The molecule has 100 valence electrons. The molecular formula is C14H17N3O2. The van der Waals surface area contributed by atoms with Gasteiger partial charge in [-0.25, -0.2) is 4.98 Å². The van der Waals surface area contributed by atoms with Crippen molar-refractivity contribution < 1.29 is 9.21 Å². The van der Waals surface area contributed by atoms with Crippen LogP contribution in [0.25, 0.3) is 11.5 Å². The van der Waals surface area contributed by atoms with Crippen LogP contribution in [0.2, 0.25) is 0 Å². The molecule has 0 saturated carbocycles. The third-order valence-electron chi connectivity index (χ3n) is 2.72. The van der Waals surface area contributed by atoms with Crippen LogP contribution in [0.3, 0.4) is 0 Å². The second-order valence-corrected chi connectivity index (χ2v) is 4.95. The van der Waals surface area contributed by atoms with Crippen LogP contribution < -0.4 is 11.1 Å². The summed E-state index contributed by atoms with van der Waals surface area (Å²) in [6.45, 7) is 4.05. The van der Waals surface area contributed by atoms with Gasteiger partial charge in [0, 0.05) is 17.6 Å². The Hall–Kier alpha value is -2.14. The van der Waals surface area contributed by atoms with Crippen LogP contribution in [0.5, 0.6) is 0 Å². The van der Waals surface area contributed by atoms with E-state index in [1.165, 1.54) is 6.26 Å². The average Bonchev–Trinajstić information content (AvgIpc) is 2.89. The fourth-order valence-corrected chi connectivity index (χ4v) is 1.51. The summed E-state index contributed by atoms with van der Waals surface area (Å²) >= 11 is 0. The Kier molecular flexibility index (Phi) is 3.66. The molecule has 2 rings (SSSR count). The first-order valence-corrected chi connectivity index (χ1v) is 6.05. The van der Waals surface area contributed by atoms with Gasteiger partial charge in [0.05, 0.1) is 0 Å². The predicted molar refractivity (Wildman–Crippen MR) is 72.5 cm³/mol. The Bertz CT molecular complexity index is 561. The zero-order valence-corrected chi connectivity index (χ0v) is 11.0. The molecule has 19 heavy (non-hydrogen) atoms. The van der Waals surface area contributed by atoms with E-state index in [0.717, 1.165) is 5.56 Å². The number of hydrogen-bond acceptors (Lipinski definition) is 4. The molecule has 0 saturated heterocycles. The van der Waals surface area contributed by atoms with Gasteiger partial charge in [-0.15, -0.1) is 0 Å². The third-order valence-corrected chi connectivity index (χ3v) is 2.72. The van der Waals surface area contributed by atoms with E-state index in [0.29, 0.717) is 12.4 Å². The van der Waals surface area contributed by atoms with E-state index in [-0.39, 0.29) is 11.6 Å². The van der Waals surface area contributed by atoms with E-state index in [2.05, 4.69) is 10.3 Å². The first-order valence-electron chi connectivity index (χ1n) is 6.05. The number of nitrogens with zero attached hydrogens (tertiary/aromatic N) is 1. The monoisotopic (exact) mass is 259 g/mol. The first kappa shape index (κ1) is 13.3. The van der Waals surface area contributed by atoms with Crippen LogP contribution in [-0.4, -0.2) is 23.0 Å². The van der Waals surface area contributed by atoms with Crippen molar-refractivity contribution in [2.45, 2.75) is 19.4 Å². The standard InChI is InChI=1S/C14H17N3O2/c1-14(2,9-15)17-12(18)11-8-19-13(16-11)10-6-4-3-5-7-10/h3-8H,9,15H2,1-2H3,(H,17,18). The minimum atomic E-state index is -0.469. The van der Waals surface area contributed by atoms with Crippen LogP contribution in [0.4, 0.5) is 0 Å². The Balaban J connectivity index is 2.16. The van der Waals surface area contributed by atoms with E-state index in [4.69, 9.17) is 10.2 Å². The summed E-state index contributed by atoms with van der Waals surface area (Å²) in [5.41, 5.74) is 6.18. The number of oxazole rings is 1. The van der Waals surface area contributed by atoms with Crippen molar-refractivity contribution in [3.8, 4) is 11.5 Å². The van der Waals surface area contributed by atoms with Crippen molar-refractivity contribution >= 4 is 5.91 Å². The number of hydrogen-bond donors (Lipinski definition) is 2. The van der Waals surface area contributed by atoms with E-state index in [1.54, 1.807) is 0 Å². The molecule has 0 spiro atoms. The van der Waals surface area contributed by atoms with Crippen LogP contribution in [-0.2, 0) is 0 Å². The molecule has 5 heteroatoms. The minimum absolute atomic E-state index is 0.250. The second-order valence-electron chi connectivity index (χ2n) is 4.95. The van der Waals surface area contributed by atoms with Gasteiger partial charge >= 0.3 is 0 Å². The molecule has 1 heterocycles. The van der Waals surface area contributed by atoms with Gasteiger partial charge in [0.15, 0.2) is 5.69 Å². The van der Waals surface area contributed by atoms with E-state index >= 15 is 0 Å². The molecule has 1 aromatic heterocycles. The van der Waals surface area contributed by atoms with Crippen molar-refractivity contribution in [3.05, 3.63) is 42.3 Å². The van der Waals surface area contributed by atoms with E-state index in [1.807, 2.05) is 44.2 Å². The molecule has 0 aliphatic carbocycles. The number of rotatable bonds is 4. The molecule has 0 radical (unpaired) electrons. The van der Waals surface area contributed by atoms with Gasteiger partial charge < -0.3 is 15.5 Å². The Morgan fingerprint density at radius 1 is 1.37 bits per heavy atom. The van der Waals surface area contributed by atoms with Gasteiger partial charge in [-0.2, -0.15) is 0 Å². The third kappa shape index (κ3) is 3.20. The van der Waals surface area contributed by atoms with Crippen LogP contribution in [0, 0.1) is 0 Å². The lowest BCUT2D eigenvalue weighted by molar-refractivity contribution is 0.0910. The number of nitrogens with two attached hydrogens (primary N) is 1. The summed E-state index contributed by atoms with van der Waals surface area (Å²) in [5.74, 6) is 0.137. The van der Waals surface area contributed by atoms with Gasteiger partial charge in [0.1, 0.15) is 6.26 Å². The molecule has 5 nitrogen and oxygen atoms in total. The quantitative estimate of drug-likeness (QED) is 0.877. The van der Waals surface area contributed by atoms with Gasteiger partial charge in [0.2, 0.25) is 5.89 Å². The van der Waals surface area contributed by atoms with Crippen molar-refractivity contribution in [2.24, 2.45) is 5.73 Å². The Labute approximate surface area is 111 Å². The molecule has 3 N–H and O–H groups in total. The largest absolute Gasteiger partial charge is 0.444 e. The van der Waals surface area contributed by atoms with Crippen molar-refractivity contribution in [3.63, 3.8) is 0 Å². The smallest absolute Gasteiger partial charge is 0.273 e. The molecule has 0 atom stereocenters. The number of carbonyl (C=O) groups is 1. The molecule has 0 aliphatic rings. The van der Waals surface area contributed by atoms with Crippen LogP contribution >= 0.6 is 0 Å². The van der Waals surface area contributed by atoms with Gasteiger partial charge in [-0.3, -0.25) is 4.79 Å². The summed E-state index contributed by atoms with van der Waals surface area (Å²) in [5, 5.41) is 2.80. The lowest BCUT2D eigenvalue weighted by Crippen LogP contribution is -2.48. The number of amides is 1. The highest BCUT2D eigenvalue weighted by Gasteiger charge is 2.21. The van der Waals surface area contributed by atoms with E-state index < -0.39 is 5.54 Å². The highest BCUT2D eigenvalue weighted by Crippen LogP contribution is 2.18. The normalized spacial score (nSPS) is 11.3. The zero-order valence-electron chi connectivity index (χ0n) is 11.0. The maximum atomic E-state index is 12.0. The highest BCUT2D eigenvalue weighted by atomic mass is 16.3. The number of aromatic nitrogens is 1. The van der Waals surface area contributed by atoms with Gasteiger partial charge in [0.25, 0.3) is 5.91 Å². The number of carbonyl (C=O) groups excluding carboxylic acids is 1. The zero-order chi connectivity index (χ0) is 13.9. The fourth-order valence-electron chi connectivity index (χ4n) is 1.51. The maximum absolute atomic E-state index is 12.0. The molecule has 0 fully saturated rings. The lowest BCUT2D eigenvalue weighted by atomic mass is 10.1. The van der Waals surface area contributed by atoms with Crippen LogP contribution in [0.15, 0.2) is 41.0 Å². The minimum Gasteiger partial charge on any atom is -0.444 e. The second kappa shape index (κ2) is 5.24. The Morgan fingerprint density at radius 3 is 2.68 bits per heavy atom. The number of nitrogens with one attached hydrogen (secondary N) is 1. The van der Waals surface area contributed by atoms with Gasteiger partial charge in [-0.05, 0) is 26.0 Å². The molecule has 1 aromatic carbocycles. The summed E-state index contributed by atoms with van der Waals surface area (Å²) < 4.78 is 5.32. The van der Waals surface area contributed by atoms with Crippen molar-refractivity contribution in [2.75, 3.05) is 6.54 Å². The molecule has 0 bridgehead atoms. The van der Waals surface area contributed by atoms with Crippen molar-refractivity contribution in [1.82, 2.24) is 10.3 Å². The number of benzene rings is 1. The SMILES string of the molecule is CC(C)(CN)NC(=O)c1coc(-c2ccccc2)n1. The fraction of sp³-hybridized carbons (Fsp3) is 0.286. The van der Waals surface area contributed by atoms with Gasteiger partial charge in [-0.1, -0.05) is 18.2 Å². The maximum Gasteiger partial charge on any atom is 0.273 e. The topological polar surface area (TPSA) is 81.1 Å². The molecule has 2 aromatic rings. The van der Waals surface area contributed by atoms with Crippen LogP contribution in [0.1, 0.15) is 24.3 Å². The lowest BCUT2D eigenvalue weighted by Gasteiger charge is -2.23. The molecular weight excluding hydrogens is 242 g/mol. The predicted octanol–water partition coefficient (Wildman–Crippen LogP) is 1.81. The summed E-state index contributed by atoms with van der Waals surface area (Å²) in [6, 6.07) is 9.42. The van der Waals surface area contributed by atoms with Crippen molar-refractivity contribution in [1.29, 1.82) is 0 Å². The molecule has 1 amide bonds.